The molecule has 0 aromatic carbocycles. The minimum Gasteiger partial charge on any atom is -0.478 e. The highest BCUT2D eigenvalue weighted by Gasteiger charge is 2.20. The maximum Gasteiger partial charge on any atom is 0.339 e. The molecular formula is C14H21N3O2. The first-order valence-corrected chi connectivity index (χ1v) is 6.95. The molecular weight excluding hydrogens is 242 g/mol. The Labute approximate surface area is 113 Å². The number of carboxylic acids is 1. The van der Waals surface area contributed by atoms with Crippen LogP contribution >= 0.6 is 0 Å². The van der Waals surface area contributed by atoms with E-state index in [9.17, 15) is 4.79 Å². The number of nitrogens with zero attached hydrogens (tertiary/aromatic N) is 3. The molecule has 1 fully saturated rings. The van der Waals surface area contributed by atoms with Gasteiger partial charge in [-0.15, -0.1) is 0 Å². The first-order valence-electron chi connectivity index (χ1n) is 6.95. The van der Waals surface area contributed by atoms with Crippen molar-refractivity contribution >= 4 is 5.97 Å². The third-order valence-electron chi connectivity index (χ3n) is 3.80. The number of carboxylic acid groups (broad SMARTS) is 1. The summed E-state index contributed by atoms with van der Waals surface area (Å²) in [5, 5.41) is 9.11. The standard InChI is InChI=1S/C14H21N3O2/c1-2-3-11-4-6-17(7-5-11)9-13-12(14(18)19)8-15-10-16-13/h8,10-11H,2-7,9H2,1H3,(H,18,19). The van der Waals surface area contributed by atoms with Crippen molar-refractivity contribution in [3.8, 4) is 0 Å². The van der Waals surface area contributed by atoms with E-state index in [1.54, 1.807) is 0 Å². The minimum atomic E-state index is -0.948. The lowest BCUT2D eigenvalue weighted by atomic mass is 9.92. The normalized spacial score (nSPS) is 17.5. The number of aromatic nitrogens is 2. The van der Waals surface area contributed by atoms with Crippen LogP contribution in [0.3, 0.4) is 0 Å². The van der Waals surface area contributed by atoms with Gasteiger partial charge in [0.05, 0.1) is 5.69 Å². The SMILES string of the molecule is CCCC1CCN(Cc2ncncc2C(=O)O)CC1. The number of likely N-dealkylation sites (tertiary alicyclic amines) is 1. The molecule has 0 unspecified atom stereocenters. The Morgan fingerprint density at radius 1 is 1.47 bits per heavy atom. The second-order valence-corrected chi connectivity index (χ2v) is 5.20. The van der Waals surface area contributed by atoms with Gasteiger partial charge >= 0.3 is 5.97 Å². The van der Waals surface area contributed by atoms with Crippen molar-refractivity contribution in [2.75, 3.05) is 13.1 Å². The average Bonchev–Trinajstić information content (AvgIpc) is 2.42. The summed E-state index contributed by atoms with van der Waals surface area (Å²) in [7, 11) is 0. The Bertz CT molecular complexity index is 428. The van der Waals surface area contributed by atoms with Crippen molar-refractivity contribution in [2.24, 2.45) is 5.92 Å². The van der Waals surface area contributed by atoms with Crippen molar-refractivity contribution in [3.05, 3.63) is 23.8 Å². The van der Waals surface area contributed by atoms with Crippen LogP contribution in [-0.2, 0) is 6.54 Å². The Balaban J connectivity index is 1.94. The van der Waals surface area contributed by atoms with E-state index in [1.165, 1.54) is 38.2 Å². The molecule has 0 saturated carbocycles. The molecule has 0 bridgehead atoms. The molecule has 1 aliphatic heterocycles. The van der Waals surface area contributed by atoms with E-state index in [-0.39, 0.29) is 5.56 Å². The fraction of sp³-hybridized carbons (Fsp3) is 0.643. The van der Waals surface area contributed by atoms with Gasteiger partial charge in [0.15, 0.2) is 0 Å². The summed E-state index contributed by atoms with van der Waals surface area (Å²) in [5.74, 6) is -0.109. The van der Waals surface area contributed by atoms with Crippen LogP contribution in [0.1, 0.15) is 48.7 Å². The second kappa shape index (κ2) is 6.61. The van der Waals surface area contributed by atoms with Crippen molar-refractivity contribution in [2.45, 2.75) is 39.2 Å². The van der Waals surface area contributed by atoms with Crippen molar-refractivity contribution in [1.29, 1.82) is 0 Å². The van der Waals surface area contributed by atoms with Gasteiger partial charge in [-0.3, -0.25) is 4.90 Å². The summed E-state index contributed by atoms with van der Waals surface area (Å²) >= 11 is 0. The van der Waals surface area contributed by atoms with E-state index in [0.717, 1.165) is 19.0 Å². The lowest BCUT2D eigenvalue weighted by molar-refractivity contribution is 0.0692. The zero-order chi connectivity index (χ0) is 13.7. The first-order chi connectivity index (χ1) is 9.20. The molecule has 19 heavy (non-hydrogen) atoms. The topological polar surface area (TPSA) is 66.3 Å². The molecule has 2 heterocycles. The van der Waals surface area contributed by atoms with Gasteiger partial charge in [-0.2, -0.15) is 0 Å². The number of hydrogen-bond donors (Lipinski definition) is 1. The molecule has 1 aliphatic rings. The first kappa shape index (κ1) is 13.9. The molecule has 5 nitrogen and oxygen atoms in total. The lowest BCUT2D eigenvalue weighted by Crippen LogP contribution is -2.34. The van der Waals surface area contributed by atoms with Crippen LogP contribution in [0.5, 0.6) is 0 Å². The van der Waals surface area contributed by atoms with Crippen LogP contribution in [0.4, 0.5) is 0 Å². The van der Waals surface area contributed by atoms with Crippen LogP contribution in [0.25, 0.3) is 0 Å². The van der Waals surface area contributed by atoms with Crippen molar-refractivity contribution < 1.29 is 9.90 Å². The van der Waals surface area contributed by atoms with Crippen LogP contribution in [-0.4, -0.2) is 39.0 Å². The van der Waals surface area contributed by atoms with Crippen LogP contribution < -0.4 is 0 Å². The third-order valence-corrected chi connectivity index (χ3v) is 3.80. The van der Waals surface area contributed by atoms with Gasteiger partial charge in [0.1, 0.15) is 11.9 Å². The number of rotatable bonds is 5. The average molecular weight is 263 g/mol. The highest BCUT2D eigenvalue weighted by atomic mass is 16.4. The van der Waals surface area contributed by atoms with E-state index in [4.69, 9.17) is 5.11 Å². The molecule has 1 aromatic rings. The van der Waals surface area contributed by atoms with Gasteiger partial charge in [-0.25, -0.2) is 14.8 Å². The molecule has 0 radical (unpaired) electrons. The van der Waals surface area contributed by atoms with Crippen molar-refractivity contribution in [1.82, 2.24) is 14.9 Å². The van der Waals surface area contributed by atoms with Gasteiger partial charge in [0, 0.05) is 12.7 Å². The van der Waals surface area contributed by atoms with E-state index in [0.29, 0.717) is 12.2 Å². The monoisotopic (exact) mass is 263 g/mol. The summed E-state index contributed by atoms with van der Waals surface area (Å²) in [6.07, 6.45) is 7.78. The fourth-order valence-electron chi connectivity index (χ4n) is 2.71. The van der Waals surface area contributed by atoms with Gasteiger partial charge in [-0.1, -0.05) is 19.8 Å². The van der Waals surface area contributed by atoms with Gasteiger partial charge < -0.3 is 5.11 Å². The molecule has 0 atom stereocenters. The van der Waals surface area contributed by atoms with Gasteiger partial charge in [0.25, 0.3) is 0 Å². The molecule has 0 spiro atoms. The fourth-order valence-corrected chi connectivity index (χ4v) is 2.71. The van der Waals surface area contributed by atoms with E-state index >= 15 is 0 Å². The van der Waals surface area contributed by atoms with Crippen LogP contribution in [0.2, 0.25) is 0 Å². The predicted octanol–water partition coefficient (Wildman–Crippen LogP) is 2.19. The molecule has 0 aliphatic carbocycles. The van der Waals surface area contributed by atoms with Gasteiger partial charge in [0.2, 0.25) is 0 Å². The molecule has 2 rings (SSSR count). The summed E-state index contributed by atoms with van der Waals surface area (Å²) in [6.45, 7) is 4.91. The Morgan fingerprint density at radius 2 is 2.21 bits per heavy atom. The lowest BCUT2D eigenvalue weighted by Gasteiger charge is -2.31. The Kier molecular flexibility index (Phi) is 4.85. The Hall–Kier alpha value is -1.49. The highest BCUT2D eigenvalue weighted by Crippen LogP contribution is 2.22. The van der Waals surface area contributed by atoms with Gasteiger partial charge in [-0.05, 0) is 31.8 Å². The number of carbonyl (C=O) groups is 1. The highest BCUT2D eigenvalue weighted by molar-refractivity contribution is 5.88. The zero-order valence-corrected chi connectivity index (χ0v) is 11.4. The molecule has 1 saturated heterocycles. The second-order valence-electron chi connectivity index (χ2n) is 5.20. The van der Waals surface area contributed by atoms with E-state index in [1.807, 2.05) is 0 Å². The Morgan fingerprint density at radius 3 is 2.84 bits per heavy atom. The third kappa shape index (κ3) is 3.73. The zero-order valence-electron chi connectivity index (χ0n) is 11.4. The smallest absolute Gasteiger partial charge is 0.339 e. The van der Waals surface area contributed by atoms with E-state index in [2.05, 4.69) is 21.8 Å². The summed E-state index contributed by atoms with van der Waals surface area (Å²) in [5.41, 5.74) is 0.842. The maximum atomic E-state index is 11.1. The molecule has 5 heteroatoms. The summed E-state index contributed by atoms with van der Waals surface area (Å²) in [6, 6.07) is 0. The molecule has 104 valence electrons. The molecule has 1 aromatic heterocycles. The maximum absolute atomic E-state index is 11.1. The summed E-state index contributed by atoms with van der Waals surface area (Å²) < 4.78 is 0. The number of piperidine rings is 1. The number of hydrogen-bond acceptors (Lipinski definition) is 4. The van der Waals surface area contributed by atoms with Crippen LogP contribution in [0, 0.1) is 5.92 Å². The molecule has 0 amide bonds. The van der Waals surface area contributed by atoms with E-state index < -0.39 is 5.97 Å². The largest absolute Gasteiger partial charge is 0.478 e. The minimum absolute atomic E-state index is 0.221. The quantitative estimate of drug-likeness (QED) is 0.882. The predicted molar refractivity (Wildman–Crippen MR) is 71.9 cm³/mol. The number of aromatic carboxylic acids is 1. The summed E-state index contributed by atoms with van der Waals surface area (Å²) in [4.78, 5) is 21.3. The van der Waals surface area contributed by atoms with Crippen molar-refractivity contribution in [3.63, 3.8) is 0 Å². The molecule has 1 N–H and O–H groups in total. The van der Waals surface area contributed by atoms with Crippen LogP contribution in [0.15, 0.2) is 12.5 Å².